The summed E-state index contributed by atoms with van der Waals surface area (Å²) in [6.07, 6.45) is -0.254. The topological polar surface area (TPSA) is 94.2 Å². The van der Waals surface area contributed by atoms with Crippen LogP contribution in [0.5, 0.6) is 11.5 Å². The molecule has 8 nitrogen and oxygen atoms in total. The van der Waals surface area contributed by atoms with Gasteiger partial charge < -0.3 is 19.5 Å². The number of carbonyl (C=O) groups excluding carboxylic acids is 3. The molecule has 0 saturated heterocycles. The van der Waals surface area contributed by atoms with Crippen LogP contribution in [0.15, 0.2) is 53.7 Å². The lowest BCUT2D eigenvalue weighted by Crippen LogP contribution is -2.43. The van der Waals surface area contributed by atoms with Crippen LogP contribution in [0.25, 0.3) is 0 Å². The Labute approximate surface area is 177 Å². The minimum Gasteiger partial charge on any atom is -0.466 e. The molecule has 2 amide bonds. The summed E-state index contributed by atoms with van der Waals surface area (Å²) in [6.45, 7) is 1.64. The molecule has 1 N–H and O–H groups in total. The summed E-state index contributed by atoms with van der Waals surface area (Å²) in [5, 5.41) is 2.72. The molecule has 0 saturated carbocycles. The Balaban J connectivity index is 1.66. The molecule has 2 aromatic carbocycles. The zero-order valence-electron chi connectivity index (χ0n) is 16.8. The van der Waals surface area contributed by atoms with Crippen molar-refractivity contribution in [2.45, 2.75) is 13.3 Å². The van der Waals surface area contributed by atoms with E-state index in [9.17, 15) is 18.8 Å². The van der Waals surface area contributed by atoms with E-state index in [-0.39, 0.29) is 24.5 Å². The van der Waals surface area contributed by atoms with Crippen molar-refractivity contribution in [3.05, 3.63) is 59.6 Å². The number of nitrogens with zero attached hydrogens (tertiary/aromatic N) is 1. The molecule has 0 radical (unpaired) electrons. The van der Waals surface area contributed by atoms with E-state index in [1.54, 1.807) is 25.1 Å². The minimum atomic E-state index is -1.05. The lowest BCUT2D eigenvalue weighted by atomic mass is 9.88. The Morgan fingerprint density at radius 3 is 2.55 bits per heavy atom. The normalized spacial score (nSPS) is 17.6. The number of hydrogen-bond donors (Lipinski definition) is 1. The molecule has 0 spiro atoms. The van der Waals surface area contributed by atoms with Crippen molar-refractivity contribution in [1.82, 2.24) is 0 Å². The van der Waals surface area contributed by atoms with Gasteiger partial charge in [-0.05, 0) is 43.3 Å². The maximum Gasteiger partial charge on any atom is 0.336 e. The number of allylic oxidation sites excluding steroid dienone is 1. The largest absolute Gasteiger partial charge is 0.466 e. The maximum atomic E-state index is 13.3. The monoisotopic (exact) mass is 426 g/mol. The van der Waals surface area contributed by atoms with Crippen LogP contribution in [-0.4, -0.2) is 31.7 Å². The number of rotatable bonds is 4. The number of hydrogen-bond acceptors (Lipinski definition) is 6. The first kappa shape index (κ1) is 20.4. The number of anilines is 2. The minimum absolute atomic E-state index is 0.0599. The molecule has 0 fully saturated rings. The maximum absolute atomic E-state index is 13.3. The third kappa shape index (κ3) is 3.81. The fourth-order valence-corrected chi connectivity index (χ4v) is 3.68. The summed E-state index contributed by atoms with van der Waals surface area (Å²) in [6, 6.07) is 10.2. The fraction of sp³-hybridized carbons (Fsp3) is 0.227. The number of esters is 1. The summed E-state index contributed by atoms with van der Waals surface area (Å²) in [4.78, 5) is 39.8. The number of halogens is 1. The second kappa shape index (κ2) is 8.10. The van der Waals surface area contributed by atoms with Crippen molar-refractivity contribution in [3.63, 3.8) is 0 Å². The van der Waals surface area contributed by atoms with E-state index in [1.165, 1.54) is 36.3 Å². The highest BCUT2D eigenvalue weighted by molar-refractivity contribution is 6.10. The van der Waals surface area contributed by atoms with Gasteiger partial charge in [-0.15, -0.1) is 0 Å². The van der Waals surface area contributed by atoms with Crippen LogP contribution in [0.3, 0.4) is 0 Å². The lowest BCUT2D eigenvalue weighted by molar-refractivity contribution is -0.138. The third-order valence-electron chi connectivity index (χ3n) is 5.15. The molecular weight excluding hydrogens is 407 g/mol. The number of methoxy groups -OCH3 is 1. The molecule has 9 heteroatoms. The van der Waals surface area contributed by atoms with Crippen molar-refractivity contribution >= 4 is 29.2 Å². The summed E-state index contributed by atoms with van der Waals surface area (Å²) >= 11 is 0. The summed E-state index contributed by atoms with van der Waals surface area (Å²) in [5.74, 6) is -2.12. The van der Waals surface area contributed by atoms with Crippen molar-refractivity contribution in [1.29, 1.82) is 0 Å². The van der Waals surface area contributed by atoms with E-state index in [0.717, 1.165) is 0 Å². The van der Waals surface area contributed by atoms with Gasteiger partial charge in [0.1, 0.15) is 5.82 Å². The van der Waals surface area contributed by atoms with Crippen LogP contribution in [0.2, 0.25) is 0 Å². The first-order valence-electron chi connectivity index (χ1n) is 9.47. The number of amides is 2. The highest BCUT2D eigenvalue weighted by atomic mass is 19.1. The second-order valence-corrected chi connectivity index (χ2v) is 7.01. The smallest absolute Gasteiger partial charge is 0.336 e. The van der Waals surface area contributed by atoms with Gasteiger partial charge in [-0.3, -0.25) is 14.5 Å². The predicted octanol–water partition coefficient (Wildman–Crippen LogP) is 2.99. The molecule has 0 aliphatic carbocycles. The number of benzene rings is 2. The third-order valence-corrected chi connectivity index (χ3v) is 5.15. The Morgan fingerprint density at radius 2 is 1.84 bits per heavy atom. The van der Waals surface area contributed by atoms with Crippen LogP contribution in [0.4, 0.5) is 15.8 Å². The quantitative estimate of drug-likeness (QED) is 0.756. The van der Waals surface area contributed by atoms with Crippen LogP contribution in [0, 0.1) is 11.7 Å². The van der Waals surface area contributed by atoms with Gasteiger partial charge in [-0.2, -0.15) is 0 Å². The fourth-order valence-electron chi connectivity index (χ4n) is 3.68. The Bertz CT molecular complexity index is 1100. The predicted molar refractivity (Wildman–Crippen MR) is 108 cm³/mol. The van der Waals surface area contributed by atoms with Gasteiger partial charge in [0.05, 0.1) is 18.6 Å². The number of ether oxygens (including phenoxy) is 3. The van der Waals surface area contributed by atoms with Crippen molar-refractivity contribution in [3.8, 4) is 11.5 Å². The van der Waals surface area contributed by atoms with E-state index >= 15 is 0 Å². The van der Waals surface area contributed by atoms with Gasteiger partial charge >= 0.3 is 5.97 Å². The molecule has 2 aromatic rings. The molecule has 0 bridgehead atoms. The van der Waals surface area contributed by atoms with E-state index in [1.807, 2.05) is 0 Å². The van der Waals surface area contributed by atoms with Crippen molar-refractivity contribution in [2.24, 2.45) is 5.92 Å². The standard InChI is InChI=1S/C22H19FN2O6/c1-12-20(22(28)29-2)16(10-19(26)25(12)15-6-3-13(23)4-7-15)21(27)24-14-5-8-17-18(9-14)31-11-30-17/h3-9,16H,10-11H2,1-2H3,(H,24,27). The van der Waals surface area contributed by atoms with Crippen molar-refractivity contribution in [2.75, 3.05) is 24.1 Å². The van der Waals surface area contributed by atoms with Crippen LogP contribution < -0.4 is 19.7 Å². The average Bonchev–Trinajstić information content (AvgIpc) is 3.22. The van der Waals surface area contributed by atoms with Gasteiger partial charge in [0, 0.05) is 29.6 Å². The molecule has 1 atom stereocenters. The summed E-state index contributed by atoms with van der Waals surface area (Å²) in [7, 11) is 1.20. The van der Waals surface area contributed by atoms with Gasteiger partial charge in [0.15, 0.2) is 11.5 Å². The van der Waals surface area contributed by atoms with Gasteiger partial charge in [0.2, 0.25) is 18.6 Å². The van der Waals surface area contributed by atoms with Crippen LogP contribution >= 0.6 is 0 Å². The zero-order valence-corrected chi connectivity index (χ0v) is 16.8. The number of nitrogens with one attached hydrogen (secondary N) is 1. The van der Waals surface area contributed by atoms with Gasteiger partial charge in [0.25, 0.3) is 0 Å². The molecule has 1 unspecified atom stereocenters. The molecular formula is C22H19FN2O6. The van der Waals surface area contributed by atoms with Crippen molar-refractivity contribution < 1.29 is 33.0 Å². The highest BCUT2D eigenvalue weighted by Gasteiger charge is 2.40. The van der Waals surface area contributed by atoms with E-state index in [4.69, 9.17) is 14.2 Å². The Morgan fingerprint density at radius 1 is 1.13 bits per heavy atom. The lowest BCUT2D eigenvalue weighted by Gasteiger charge is -2.33. The number of carbonyl (C=O) groups is 3. The first-order valence-corrected chi connectivity index (χ1v) is 9.47. The number of fused-ring (bicyclic) bond motifs is 1. The summed E-state index contributed by atoms with van der Waals surface area (Å²) < 4.78 is 28.7. The molecule has 160 valence electrons. The molecule has 2 heterocycles. The van der Waals surface area contributed by atoms with Crippen LogP contribution in [-0.2, 0) is 19.1 Å². The second-order valence-electron chi connectivity index (χ2n) is 7.01. The molecule has 0 aromatic heterocycles. The van der Waals surface area contributed by atoms with Crippen LogP contribution in [0.1, 0.15) is 13.3 Å². The highest BCUT2D eigenvalue weighted by Crippen LogP contribution is 2.36. The molecule has 31 heavy (non-hydrogen) atoms. The van der Waals surface area contributed by atoms with E-state index < -0.39 is 29.5 Å². The Kier molecular flexibility index (Phi) is 5.33. The van der Waals surface area contributed by atoms with Gasteiger partial charge in [-0.25, -0.2) is 9.18 Å². The molecule has 2 aliphatic heterocycles. The van der Waals surface area contributed by atoms with E-state index in [2.05, 4.69) is 5.32 Å². The molecule has 4 rings (SSSR count). The first-order chi connectivity index (χ1) is 14.9. The molecule has 2 aliphatic rings. The SMILES string of the molecule is COC(=O)C1=C(C)N(c2ccc(F)cc2)C(=O)CC1C(=O)Nc1ccc2c(c1)OCO2. The Hall–Kier alpha value is -3.88. The zero-order chi connectivity index (χ0) is 22.1. The van der Waals surface area contributed by atoms with E-state index in [0.29, 0.717) is 22.9 Å². The summed E-state index contributed by atoms with van der Waals surface area (Å²) in [5.41, 5.74) is 1.13. The van der Waals surface area contributed by atoms with Gasteiger partial charge in [-0.1, -0.05) is 0 Å². The average molecular weight is 426 g/mol.